The summed E-state index contributed by atoms with van der Waals surface area (Å²) < 4.78 is 14.4. The van der Waals surface area contributed by atoms with E-state index in [4.69, 9.17) is 14.2 Å². The summed E-state index contributed by atoms with van der Waals surface area (Å²) in [6, 6.07) is 3.94. The highest BCUT2D eigenvalue weighted by Crippen LogP contribution is 2.51. The summed E-state index contributed by atoms with van der Waals surface area (Å²) in [6.07, 6.45) is -0.771. The van der Waals surface area contributed by atoms with Crippen LogP contribution in [0.3, 0.4) is 0 Å². The van der Waals surface area contributed by atoms with E-state index in [0.29, 0.717) is 18.5 Å². The van der Waals surface area contributed by atoms with Crippen molar-refractivity contribution in [3.63, 3.8) is 0 Å². The lowest BCUT2D eigenvalue weighted by molar-refractivity contribution is -0.180. The highest BCUT2D eigenvalue weighted by molar-refractivity contribution is 8.01. The molecule has 0 saturated carbocycles. The third-order valence-corrected chi connectivity index (χ3v) is 9.39. The number of carbonyl (C=O) groups is 7. The Morgan fingerprint density at radius 3 is 2.37 bits per heavy atom. The number of hydrogen-bond donors (Lipinski definition) is 2. The molecule has 4 rings (SSSR count). The number of imide groups is 1. The van der Waals surface area contributed by atoms with E-state index >= 15 is 0 Å². The zero-order valence-electron chi connectivity index (χ0n) is 26.3. The summed E-state index contributed by atoms with van der Waals surface area (Å²) in [5, 5.41) is 4.59. The Morgan fingerprint density at radius 1 is 1.02 bits per heavy atom. The van der Waals surface area contributed by atoms with Crippen LogP contribution >= 0.6 is 11.8 Å². The topological polar surface area (TPSA) is 181 Å². The molecule has 3 saturated heterocycles. The smallest absolute Gasteiger partial charge is 0.434 e. The number of urea groups is 1. The first kappa shape index (κ1) is 34.5. The minimum Gasteiger partial charge on any atom is -0.434 e. The Kier molecular flexibility index (Phi) is 10.8. The molecular weight excluding hydrogens is 622 g/mol. The Labute approximate surface area is 270 Å². The van der Waals surface area contributed by atoms with Crippen LogP contribution < -0.4 is 10.6 Å². The second-order valence-electron chi connectivity index (χ2n) is 11.5. The van der Waals surface area contributed by atoms with Gasteiger partial charge in [0, 0.05) is 31.3 Å². The monoisotopic (exact) mass is 661 g/mol. The number of nitrogens with one attached hydrogen (secondary N) is 2. The predicted molar refractivity (Wildman–Crippen MR) is 163 cm³/mol. The molecule has 0 aliphatic carbocycles. The molecule has 2 unspecified atom stereocenters. The molecule has 0 spiro atoms. The predicted octanol–water partition coefficient (Wildman–Crippen LogP) is 1.52. The van der Waals surface area contributed by atoms with Gasteiger partial charge in [0.1, 0.15) is 23.5 Å². The maximum Gasteiger partial charge on any atom is 0.511 e. The third kappa shape index (κ3) is 7.21. The normalized spacial score (nSPS) is 23.1. The number of rotatable bonds is 11. The van der Waals surface area contributed by atoms with Crippen LogP contribution in [0.15, 0.2) is 30.3 Å². The van der Waals surface area contributed by atoms with E-state index < -0.39 is 76.3 Å². The standard InChI is InChI=1S/C30H39N5O10S/c1-6-8-16-43-29(42)45-17(3)44-27(40)21-30(4,5)46-26-20(23(37)35(21)26)31-22(36)19(18-12-10-9-11-13-18)32-28(41)34-15-14-33(7-2)24(38)25(34)39/h9-13,17,19-21,26H,6-8,14-16H2,1-5H3,(H,31,36)(H,32,41)/t17?,19?,20-,21+,26-/m1/s1. The van der Waals surface area contributed by atoms with Crippen LogP contribution in [-0.4, -0.2) is 111 Å². The van der Waals surface area contributed by atoms with Gasteiger partial charge >= 0.3 is 30.0 Å². The molecule has 3 heterocycles. The van der Waals surface area contributed by atoms with Crippen molar-refractivity contribution in [1.82, 2.24) is 25.3 Å². The number of hydrogen-bond acceptors (Lipinski definition) is 11. The molecule has 46 heavy (non-hydrogen) atoms. The number of likely N-dealkylation sites (N-methyl/N-ethyl adjacent to an activating group) is 1. The summed E-state index contributed by atoms with van der Waals surface area (Å²) in [5.74, 6) is -3.87. The molecule has 1 aromatic carbocycles. The van der Waals surface area contributed by atoms with Crippen molar-refractivity contribution >= 4 is 53.5 Å². The molecule has 16 heteroatoms. The zero-order chi connectivity index (χ0) is 33.8. The van der Waals surface area contributed by atoms with Crippen molar-refractivity contribution in [2.45, 2.75) is 82.0 Å². The molecule has 0 radical (unpaired) electrons. The number of β-lactam (4-membered cyclic amide) rings is 1. The SMILES string of the molecule is CCCCOC(=O)OC(C)OC(=O)[C@@H]1N2C(=O)[C@@H](NC(=O)C(NC(=O)N3CCN(CC)C(=O)C3=O)c3ccccc3)[C@H]2SC1(C)C. The maximum absolute atomic E-state index is 13.6. The highest BCUT2D eigenvalue weighted by Gasteiger charge is 2.64. The fourth-order valence-corrected chi connectivity index (χ4v) is 7.02. The van der Waals surface area contributed by atoms with E-state index in [-0.39, 0.29) is 19.7 Å². The first-order valence-electron chi connectivity index (χ1n) is 15.1. The number of unbranched alkanes of at least 4 members (excludes halogenated alkanes) is 1. The van der Waals surface area contributed by atoms with Crippen LogP contribution in [0, 0.1) is 0 Å². The van der Waals surface area contributed by atoms with Crippen molar-refractivity contribution in [3.05, 3.63) is 35.9 Å². The average Bonchev–Trinajstić information content (AvgIpc) is 3.27. The first-order valence-corrected chi connectivity index (χ1v) is 16.0. The van der Waals surface area contributed by atoms with Crippen LogP contribution in [0.4, 0.5) is 9.59 Å². The van der Waals surface area contributed by atoms with Gasteiger partial charge in [-0.25, -0.2) is 14.4 Å². The van der Waals surface area contributed by atoms with E-state index in [2.05, 4.69) is 10.6 Å². The Hall–Kier alpha value is -4.34. The third-order valence-electron chi connectivity index (χ3n) is 7.82. The molecule has 2 N–H and O–H groups in total. The first-order chi connectivity index (χ1) is 21.8. The number of carbonyl (C=O) groups excluding carboxylic acids is 7. The lowest BCUT2D eigenvalue weighted by Crippen LogP contribution is -2.71. The van der Waals surface area contributed by atoms with Gasteiger partial charge in [0.05, 0.1) is 6.61 Å². The summed E-state index contributed by atoms with van der Waals surface area (Å²) in [6.45, 7) is 9.12. The Bertz CT molecular complexity index is 1370. The van der Waals surface area contributed by atoms with Crippen molar-refractivity contribution in [2.24, 2.45) is 0 Å². The lowest BCUT2D eigenvalue weighted by Gasteiger charge is -2.44. The van der Waals surface area contributed by atoms with Gasteiger partial charge in [-0.1, -0.05) is 43.7 Å². The molecule has 15 nitrogen and oxygen atoms in total. The molecule has 0 aromatic heterocycles. The molecule has 6 amide bonds. The van der Waals surface area contributed by atoms with Crippen LogP contribution in [0.1, 0.15) is 59.1 Å². The minimum absolute atomic E-state index is 0.0432. The van der Waals surface area contributed by atoms with Crippen LogP contribution in [-0.2, 0) is 38.2 Å². The van der Waals surface area contributed by atoms with Crippen LogP contribution in [0.25, 0.3) is 0 Å². The van der Waals surface area contributed by atoms with Gasteiger partial charge in [0.2, 0.25) is 18.1 Å². The molecule has 5 atom stereocenters. The maximum atomic E-state index is 13.6. The fourth-order valence-electron chi connectivity index (χ4n) is 5.40. The van der Waals surface area contributed by atoms with E-state index in [1.807, 2.05) is 6.92 Å². The molecule has 3 fully saturated rings. The summed E-state index contributed by atoms with van der Waals surface area (Å²) in [7, 11) is 0. The molecular formula is C30H39N5O10S. The second kappa shape index (κ2) is 14.4. The zero-order valence-corrected chi connectivity index (χ0v) is 27.2. The number of amides is 6. The van der Waals surface area contributed by atoms with Gasteiger partial charge in [0.25, 0.3) is 0 Å². The Balaban J connectivity index is 1.42. The number of benzene rings is 1. The summed E-state index contributed by atoms with van der Waals surface area (Å²) >= 11 is 1.28. The van der Waals surface area contributed by atoms with E-state index in [9.17, 15) is 33.6 Å². The van der Waals surface area contributed by atoms with Crippen molar-refractivity contribution in [3.8, 4) is 0 Å². The van der Waals surface area contributed by atoms with E-state index in [0.717, 1.165) is 11.3 Å². The fraction of sp³-hybridized carbons (Fsp3) is 0.567. The van der Waals surface area contributed by atoms with Gasteiger partial charge < -0.3 is 34.6 Å². The van der Waals surface area contributed by atoms with Crippen molar-refractivity contribution in [1.29, 1.82) is 0 Å². The lowest BCUT2D eigenvalue weighted by atomic mass is 9.95. The van der Waals surface area contributed by atoms with Gasteiger partial charge in [-0.3, -0.25) is 24.1 Å². The van der Waals surface area contributed by atoms with E-state index in [1.165, 1.54) is 28.5 Å². The Morgan fingerprint density at radius 2 is 1.72 bits per heavy atom. The van der Waals surface area contributed by atoms with Crippen LogP contribution in [0.5, 0.6) is 0 Å². The van der Waals surface area contributed by atoms with Crippen molar-refractivity contribution in [2.75, 3.05) is 26.2 Å². The van der Waals surface area contributed by atoms with Crippen LogP contribution in [0.2, 0.25) is 0 Å². The molecule has 0 bridgehead atoms. The second-order valence-corrected chi connectivity index (χ2v) is 13.2. The average molecular weight is 662 g/mol. The van der Waals surface area contributed by atoms with Gasteiger partial charge in [-0.2, -0.15) is 0 Å². The molecule has 3 aliphatic heterocycles. The van der Waals surface area contributed by atoms with Gasteiger partial charge in [0.15, 0.2) is 0 Å². The summed E-state index contributed by atoms with van der Waals surface area (Å²) in [4.78, 5) is 93.5. The van der Waals surface area contributed by atoms with Gasteiger partial charge in [-0.15, -0.1) is 11.8 Å². The molecule has 250 valence electrons. The highest BCUT2D eigenvalue weighted by atomic mass is 32.2. The molecule has 3 aliphatic rings. The number of ether oxygens (including phenoxy) is 3. The van der Waals surface area contributed by atoms with Crippen molar-refractivity contribution < 1.29 is 47.8 Å². The number of fused-ring (bicyclic) bond motifs is 1. The minimum atomic E-state index is -1.31. The van der Waals surface area contributed by atoms with E-state index in [1.54, 1.807) is 51.1 Å². The number of thioether (sulfide) groups is 1. The quantitative estimate of drug-likeness (QED) is 0.115. The van der Waals surface area contributed by atoms with Gasteiger partial charge in [-0.05, 0) is 32.8 Å². The largest absolute Gasteiger partial charge is 0.511 e. The number of piperazine rings is 1. The number of esters is 1. The summed E-state index contributed by atoms with van der Waals surface area (Å²) in [5.41, 5.74) is 0.381. The number of nitrogens with zero attached hydrogens (tertiary/aromatic N) is 3. The molecule has 1 aromatic rings.